The summed E-state index contributed by atoms with van der Waals surface area (Å²) in [7, 11) is 0. The Morgan fingerprint density at radius 1 is 1.00 bits per heavy atom. The maximum Gasteiger partial charge on any atom is 0.318 e. The van der Waals surface area contributed by atoms with Gasteiger partial charge in [0.1, 0.15) is 11.0 Å². The van der Waals surface area contributed by atoms with Crippen molar-refractivity contribution < 1.29 is 4.79 Å². The second-order valence-corrected chi connectivity index (χ2v) is 10.6. The van der Waals surface area contributed by atoms with Crippen LogP contribution in [-0.4, -0.2) is 15.5 Å². The molecule has 0 bridgehead atoms. The van der Waals surface area contributed by atoms with Crippen LogP contribution in [0.15, 0.2) is 66.2 Å². The van der Waals surface area contributed by atoms with Crippen LogP contribution in [0.1, 0.15) is 51.0 Å². The van der Waals surface area contributed by atoms with E-state index in [4.69, 9.17) is 0 Å². The molecule has 0 spiro atoms. The van der Waals surface area contributed by atoms with E-state index >= 15 is 0 Å². The van der Waals surface area contributed by atoms with Gasteiger partial charge < -0.3 is 14.8 Å². The van der Waals surface area contributed by atoms with Gasteiger partial charge in [-0.15, -0.1) is 22.7 Å². The van der Waals surface area contributed by atoms with Crippen LogP contribution in [0.25, 0.3) is 5.00 Å². The fourth-order valence-corrected chi connectivity index (χ4v) is 7.26. The van der Waals surface area contributed by atoms with Crippen LogP contribution in [0.3, 0.4) is 0 Å². The maximum atomic E-state index is 13.7. The molecule has 1 aliphatic carbocycles. The van der Waals surface area contributed by atoms with Crippen molar-refractivity contribution in [2.45, 2.75) is 44.8 Å². The number of nitrogens with zero attached hydrogens (tertiary/aromatic N) is 2. The first-order valence-corrected chi connectivity index (χ1v) is 12.9. The van der Waals surface area contributed by atoms with Crippen molar-refractivity contribution in [3.8, 4) is 5.00 Å². The number of hydrogen-bond donors (Lipinski definition) is 1. The SMILES string of the molecule is O=C(NCc1ccccc1)N1Cc2c(sc3c2CCCC3)-n2cccc2[C@H]1c1cccs1. The topological polar surface area (TPSA) is 37.3 Å². The third kappa shape index (κ3) is 3.38. The van der Waals surface area contributed by atoms with Crippen LogP contribution in [0.5, 0.6) is 0 Å². The zero-order valence-corrected chi connectivity index (χ0v) is 19.4. The molecule has 4 aromatic rings. The third-order valence-corrected chi connectivity index (χ3v) is 8.80. The number of nitrogens with one attached hydrogen (secondary N) is 1. The fraction of sp³-hybridized carbons (Fsp3) is 0.269. The summed E-state index contributed by atoms with van der Waals surface area (Å²) < 4.78 is 2.34. The molecule has 162 valence electrons. The summed E-state index contributed by atoms with van der Waals surface area (Å²) in [4.78, 5) is 18.4. The summed E-state index contributed by atoms with van der Waals surface area (Å²) in [5.74, 6) is 0. The van der Waals surface area contributed by atoms with Gasteiger partial charge in [-0.3, -0.25) is 0 Å². The Kier molecular flexibility index (Phi) is 5.12. The first kappa shape index (κ1) is 19.8. The monoisotopic (exact) mass is 459 g/mol. The lowest BCUT2D eigenvalue weighted by Crippen LogP contribution is -2.41. The van der Waals surface area contributed by atoms with Crippen molar-refractivity contribution in [1.29, 1.82) is 0 Å². The molecule has 2 aliphatic rings. The highest BCUT2D eigenvalue weighted by Gasteiger charge is 2.36. The lowest BCUT2D eigenvalue weighted by Gasteiger charge is -2.30. The van der Waals surface area contributed by atoms with E-state index in [-0.39, 0.29) is 12.1 Å². The van der Waals surface area contributed by atoms with Crippen LogP contribution < -0.4 is 5.32 Å². The highest BCUT2D eigenvalue weighted by Crippen LogP contribution is 2.44. The Balaban J connectivity index is 1.43. The number of amides is 2. The number of benzene rings is 1. The summed E-state index contributed by atoms with van der Waals surface area (Å²) in [5, 5.41) is 6.61. The lowest BCUT2D eigenvalue weighted by molar-refractivity contribution is 0.181. The van der Waals surface area contributed by atoms with E-state index in [1.165, 1.54) is 44.4 Å². The fourth-order valence-electron chi connectivity index (χ4n) is 5.01. The summed E-state index contributed by atoms with van der Waals surface area (Å²) >= 11 is 3.65. The van der Waals surface area contributed by atoms with E-state index in [9.17, 15) is 4.79 Å². The van der Waals surface area contributed by atoms with Crippen molar-refractivity contribution in [3.63, 3.8) is 0 Å². The predicted molar refractivity (Wildman–Crippen MR) is 131 cm³/mol. The number of aromatic nitrogens is 1. The Morgan fingerprint density at radius 3 is 2.72 bits per heavy atom. The second kappa shape index (κ2) is 8.26. The number of carbonyl (C=O) groups excluding carboxylic acids is 1. The van der Waals surface area contributed by atoms with Gasteiger partial charge in [0.15, 0.2) is 0 Å². The average molecular weight is 460 g/mol. The molecule has 6 rings (SSSR count). The number of aryl methyl sites for hydroxylation is 1. The number of fused-ring (bicyclic) bond motifs is 5. The van der Waals surface area contributed by atoms with E-state index < -0.39 is 0 Å². The summed E-state index contributed by atoms with van der Waals surface area (Å²) in [6.07, 6.45) is 6.97. The zero-order chi connectivity index (χ0) is 21.5. The Labute approximate surface area is 196 Å². The number of rotatable bonds is 3. The van der Waals surface area contributed by atoms with Crippen molar-refractivity contribution in [1.82, 2.24) is 14.8 Å². The summed E-state index contributed by atoms with van der Waals surface area (Å²) in [5.41, 5.74) is 5.11. The average Bonchev–Trinajstić information content (AvgIpc) is 3.58. The summed E-state index contributed by atoms with van der Waals surface area (Å²) in [6, 6.07) is 18.5. The molecule has 1 aromatic carbocycles. The summed E-state index contributed by atoms with van der Waals surface area (Å²) in [6.45, 7) is 1.18. The van der Waals surface area contributed by atoms with Crippen LogP contribution >= 0.6 is 22.7 Å². The molecule has 1 atom stereocenters. The maximum absolute atomic E-state index is 13.7. The van der Waals surface area contributed by atoms with Gasteiger partial charge in [0.2, 0.25) is 0 Å². The van der Waals surface area contributed by atoms with Crippen LogP contribution in [0.4, 0.5) is 4.79 Å². The quantitative estimate of drug-likeness (QED) is 0.384. The van der Waals surface area contributed by atoms with Crippen molar-refractivity contribution >= 4 is 28.7 Å². The van der Waals surface area contributed by atoms with Crippen molar-refractivity contribution in [3.05, 3.63) is 98.3 Å². The van der Waals surface area contributed by atoms with Gasteiger partial charge >= 0.3 is 6.03 Å². The molecule has 0 radical (unpaired) electrons. The smallest absolute Gasteiger partial charge is 0.318 e. The van der Waals surface area contributed by atoms with Gasteiger partial charge in [0.25, 0.3) is 0 Å². The lowest BCUT2D eigenvalue weighted by atomic mass is 9.95. The van der Waals surface area contributed by atoms with Gasteiger partial charge in [-0.2, -0.15) is 0 Å². The zero-order valence-electron chi connectivity index (χ0n) is 17.8. The van der Waals surface area contributed by atoms with Crippen LogP contribution in [0.2, 0.25) is 0 Å². The van der Waals surface area contributed by atoms with Gasteiger partial charge in [-0.05, 0) is 60.4 Å². The van der Waals surface area contributed by atoms with Gasteiger partial charge in [0.05, 0.1) is 12.2 Å². The molecule has 2 amide bonds. The van der Waals surface area contributed by atoms with Crippen LogP contribution in [0, 0.1) is 0 Å². The first-order valence-electron chi connectivity index (χ1n) is 11.2. The van der Waals surface area contributed by atoms with E-state index in [2.05, 4.69) is 57.9 Å². The van der Waals surface area contributed by atoms with Gasteiger partial charge in [0, 0.05) is 28.1 Å². The molecule has 32 heavy (non-hydrogen) atoms. The minimum Gasteiger partial charge on any atom is -0.334 e. The van der Waals surface area contributed by atoms with E-state index in [0.717, 1.165) is 18.4 Å². The Bertz CT molecular complexity index is 1240. The molecule has 4 heterocycles. The highest BCUT2D eigenvalue weighted by molar-refractivity contribution is 7.15. The van der Waals surface area contributed by atoms with E-state index in [0.29, 0.717) is 13.1 Å². The highest BCUT2D eigenvalue weighted by atomic mass is 32.1. The van der Waals surface area contributed by atoms with Crippen LogP contribution in [-0.2, 0) is 25.9 Å². The molecule has 0 saturated heterocycles. The molecular weight excluding hydrogens is 434 g/mol. The van der Waals surface area contributed by atoms with Gasteiger partial charge in [-0.1, -0.05) is 36.4 Å². The molecular formula is C26H25N3OS2. The number of thiophene rings is 2. The second-order valence-electron chi connectivity index (χ2n) is 8.49. The van der Waals surface area contributed by atoms with E-state index in [1.54, 1.807) is 11.3 Å². The van der Waals surface area contributed by atoms with Gasteiger partial charge in [-0.25, -0.2) is 4.79 Å². The largest absolute Gasteiger partial charge is 0.334 e. The van der Waals surface area contributed by atoms with E-state index in [1.807, 2.05) is 34.4 Å². The number of carbonyl (C=O) groups is 1. The normalized spacial score (nSPS) is 17.2. The van der Waals surface area contributed by atoms with Crippen molar-refractivity contribution in [2.24, 2.45) is 0 Å². The molecule has 0 saturated carbocycles. The molecule has 3 aromatic heterocycles. The minimum absolute atomic E-state index is 0.0105. The Hall–Kier alpha value is -2.83. The molecule has 1 N–H and O–H groups in total. The first-order chi connectivity index (χ1) is 15.8. The number of urea groups is 1. The Morgan fingerprint density at radius 2 is 1.88 bits per heavy atom. The molecule has 6 heteroatoms. The predicted octanol–water partition coefficient (Wildman–Crippen LogP) is 6.29. The molecule has 0 unspecified atom stereocenters. The standard InChI is InChI=1S/C26H25N3OS2/c30-26(27-16-18-8-2-1-3-9-18)29-17-20-19-10-4-5-12-22(19)32-25(20)28-14-6-11-21(28)24(29)23-13-7-15-31-23/h1-3,6-9,11,13-15,24H,4-5,10,12,16-17H2,(H,27,30)/t24-/m0/s1. The molecule has 0 fully saturated rings. The molecule has 1 aliphatic heterocycles. The van der Waals surface area contributed by atoms with Crippen molar-refractivity contribution in [2.75, 3.05) is 0 Å². The number of hydrogen-bond acceptors (Lipinski definition) is 3. The minimum atomic E-state index is -0.0976. The molecule has 4 nitrogen and oxygen atoms in total. The third-order valence-electron chi connectivity index (χ3n) is 6.54.